The van der Waals surface area contributed by atoms with E-state index in [9.17, 15) is 14.7 Å². The molecule has 0 bridgehead atoms. The standard InChI is InChI=1S/C13H16N2O3/c1-2-13(12(17)18)6-3-9-15(13)11(16)10-4-7-14-8-5-10/h4-5,7-8H,2-3,6,9H2,1H3,(H,17,18). The number of carbonyl (C=O) groups is 2. The van der Waals surface area contributed by atoms with E-state index in [1.54, 1.807) is 12.1 Å². The Balaban J connectivity index is 2.33. The van der Waals surface area contributed by atoms with Crippen molar-refractivity contribution in [3.05, 3.63) is 30.1 Å². The van der Waals surface area contributed by atoms with Crippen molar-refractivity contribution in [3.63, 3.8) is 0 Å². The van der Waals surface area contributed by atoms with Crippen molar-refractivity contribution in [2.75, 3.05) is 6.54 Å². The SMILES string of the molecule is CCC1(C(=O)O)CCCN1C(=O)c1ccncc1. The van der Waals surface area contributed by atoms with Gasteiger partial charge in [0.2, 0.25) is 0 Å². The molecule has 0 aliphatic carbocycles. The van der Waals surface area contributed by atoms with Gasteiger partial charge in [-0.3, -0.25) is 9.78 Å². The molecule has 0 radical (unpaired) electrons. The highest BCUT2D eigenvalue weighted by Gasteiger charge is 2.48. The summed E-state index contributed by atoms with van der Waals surface area (Å²) < 4.78 is 0. The highest BCUT2D eigenvalue weighted by molar-refractivity contribution is 5.98. The first-order chi connectivity index (χ1) is 8.62. The molecular formula is C13H16N2O3. The predicted molar refractivity (Wildman–Crippen MR) is 65.2 cm³/mol. The first-order valence-electron chi connectivity index (χ1n) is 6.07. The van der Waals surface area contributed by atoms with Crippen molar-refractivity contribution in [2.45, 2.75) is 31.7 Å². The fourth-order valence-corrected chi connectivity index (χ4v) is 2.57. The maximum atomic E-state index is 12.4. The minimum atomic E-state index is -1.04. The lowest BCUT2D eigenvalue weighted by atomic mass is 9.92. The van der Waals surface area contributed by atoms with Crippen LogP contribution in [0.15, 0.2) is 24.5 Å². The van der Waals surface area contributed by atoms with Crippen molar-refractivity contribution in [1.82, 2.24) is 9.88 Å². The summed E-state index contributed by atoms with van der Waals surface area (Å²) in [5.41, 5.74) is -0.550. The van der Waals surface area contributed by atoms with E-state index in [0.29, 0.717) is 24.9 Å². The molecule has 1 aliphatic rings. The Morgan fingerprint density at radius 3 is 2.67 bits per heavy atom. The number of carboxylic acid groups (broad SMARTS) is 1. The number of carboxylic acids is 1. The predicted octanol–water partition coefficient (Wildman–Crippen LogP) is 1.55. The molecule has 1 fully saturated rings. The Bertz CT molecular complexity index is 461. The average Bonchev–Trinajstić information content (AvgIpc) is 2.84. The van der Waals surface area contributed by atoms with Crippen LogP contribution in [-0.4, -0.2) is 39.0 Å². The van der Waals surface area contributed by atoms with E-state index in [1.807, 2.05) is 6.92 Å². The molecule has 1 atom stereocenters. The minimum Gasteiger partial charge on any atom is -0.479 e. The number of rotatable bonds is 3. The van der Waals surface area contributed by atoms with E-state index in [2.05, 4.69) is 4.98 Å². The molecule has 2 rings (SSSR count). The molecule has 5 heteroatoms. The smallest absolute Gasteiger partial charge is 0.329 e. The third kappa shape index (κ3) is 1.85. The first kappa shape index (κ1) is 12.5. The van der Waals surface area contributed by atoms with Gasteiger partial charge in [-0.25, -0.2) is 4.79 Å². The summed E-state index contributed by atoms with van der Waals surface area (Å²) >= 11 is 0. The number of hydrogen-bond donors (Lipinski definition) is 1. The van der Waals surface area contributed by atoms with Gasteiger partial charge in [-0.05, 0) is 31.4 Å². The zero-order valence-corrected chi connectivity index (χ0v) is 10.3. The maximum Gasteiger partial charge on any atom is 0.329 e. The number of aliphatic carboxylic acids is 1. The van der Waals surface area contributed by atoms with Gasteiger partial charge < -0.3 is 10.0 Å². The van der Waals surface area contributed by atoms with Crippen LogP contribution in [0.5, 0.6) is 0 Å². The van der Waals surface area contributed by atoms with Crippen LogP contribution in [0.1, 0.15) is 36.5 Å². The van der Waals surface area contributed by atoms with Crippen LogP contribution in [-0.2, 0) is 4.79 Å². The highest BCUT2D eigenvalue weighted by atomic mass is 16.4. The second kappa shape index (κ2) is 4.76. The molecule has 1 saturated heterocycles. The number of amides is 1. The van der Waals surface area contributed by atoms with Gasteiger partial charge in [0.15, 0.2) is 0 Å². The molecular weight excluding hydrogens is 232 g/mol. The second-order valence-electron chi connectivity index (χ2n) is 4.49. The molecule has 1 unspecified atom stereocenters. The zero-order valence-electron chi connectivity index (χ0n) is 10.3. The quantitative estimate of drug-likeness (QED) is 0.881. The molecule has 18 heavy (non-hydrogen) atoms. The molecule has 0 aromatic carbocycles. The molecule has 1 N–H and O–H groups in total. The Kier molecular flexibility index (Phi) is 3.32. The molecule has 2 heterocycles. The van der Waals surface area contributed by atoms with E-state index in [1.165, 1.54) is 17.3 Å². The van der Waals surface area contributed by atoms with Crippen molar-refractivity contribution < 1.29 is 14.7 Å². The summed E-state index contributed by atoms with van der Waals surface area (Å²) in [6.07, 6.45) is 4.77. The van der Waals surface area contributed by atoms with Crippen molar-refractivity contribution in [3.8, 4) is 0 Å². The summed E-state index contributed by atoms with van der Waals surface area (Å²) in [7, 11) is 0. The molecule has 0 spiro atoms. The van der Waals surface area contributed by atoms with Gasteiger partial charge in [-0.15, -0.1) is 0 Å². The van der Waals surface area contributed by atoms with Crippen LogP contribution >= 0.6 is 0 Å². The summed E-state index contributed by atoms with van der Waals surface area (Å²) in [4.78, 5) is 29.2. The van der Waals surface area contributed by atoms with Crippen LogP contribution < -0.4 is 0 Å². The number of pyridine rings is 1. The Morgan fingerprint density at radius 1 is 1.44 bits per heavy atom. The van der Waals surface area contributed by atoms with Gasteiger partial charge in [-0.1, -0.05) is 6.92 Å². The highest BCUT2D eigenvalue weighted by Crippen LogP contribution is 2.33. The van der Waals surface area contributed by atoms with Crippen LogP contribution in [0.3, 0.4) is 0 Å². The fraction of sp³-hybridized carbons (Fsp3) is 0.462. The van der Waals surface area contributed by atoms with Gasteiger partial charge in [0.05, 0.1) is 0 Å². The third-order valence-corrected chi connectivity index (χ3v) is 3.64. The van der Waals surface area contributed by atoms with E-state index in [4.69, 9.17) is 0 Å². The van der Waals surface area contributed by atoms with Crippen molar-refractivity contribution in [2.24, 2.45) is 0 Å². The number of nitrogens with zero attached hydrogens (tertiary/aromatic N) is 2. The lowest BCUT2D eigenvalue weighted by Crippen LogP contribution is -2.52. The molecule has 96 valence electrons. The van der Waals surface area contributed by atoms with Crippen LogP contribution in [0.2, 0.25) is 0 Å². The summed E-state index contributed by atoms with van der Waals surface area (Å²) in [5, 5.41) is 9.42. The number of aromatic nitrogens is 1. The summed E-state index contributed by atoms with van der Waals surface area (Å²) in [6, 6.07) is 3.23. The van der Waals surface area contributed by atoms with Crippen LogP contribution in [0, 0.1) is 0 Å². The molecule has 1 aliphatic heterocycles. The summed E-state index contributed by atoms with van der Waals surface area (Å²) in [5.74, 6) is -1.14. The van der Waals surface area contributed by atoms with Crippen LogP contribution in [0.25, 0.3) is 0 Å². The van der Waals surface area contributed by atoms with E-state index < -0.39 is 11.5 Å². The summed E-state index contributed by atoms with van der Waals surface area (Å²) in [6.45, 7) is 2.31. The average molecular weight is 248 g/mol. The normalized spacial score (nSPS) is 23.1. The van der Waals surface area contributed by atoms with E-state index >= 15 is 0 Å². The Morgan fingerprint density at radius 2 is 2.11 bits per heavy atom. The third-order valence-electron chi connectivity index (χ3n) is 3.64. The lowest BCUT2D eigenvalue weighted by Gasteiger charge is -2.33. The topological polar surface area (TPSA) is 70.5 Å². The van der Waals surface area contributed by atoms with Gasteiger partial charge in [0, 0.05) is 24.5 Å². The monoisotopic (exact) mass is 248 g/mol. The second-order valence-corrected chi connectivity index (χ2v) is 4.49. The zero-order chi connectivity index (χ0) is 13.2. The van der Waals surface area contributed by atoms with E-state index in [0.717, 1.165) is 6.42 Å². The van der Waals surface area contributed by atoms with Gasteiger partial charge in [-0.2, -0.15) is 0 Å². The molecule has 1 amide bonds. The first-order valence-corrected chi connectivity index (χ1v) is 6.07. The molecule has 1 aromatic rings. The number of carbonyl (C=O) groups excluding carboxylic acids is 1. The van der Waals surface area contributed by atoms with Gasteiger partial charge in [0.1, 0.15) is 5.54 Å². The Hall–Kier alpha value is -1.91. The number of hydrogen-bond acceptors (Lipinski definition) is 3. The molecule has 5 nitrogen and oxygen atoms in total. The van der Waals surface area contributed by atoms with Crippen LogP contribution in [0.4, 0.5) is 0 Å². The molecule has 1 aromatic heterocycles. The fourth-order valence-electron chi connectivity index (χ4n) is 2.57. The van der Waals surface area contributed by atoms with E-state index in [-0.39, 0.29) is 5.91 Å². The largest absolute Gasteiger partial charge is 0.479 e. The van der Waals surface area contributed by atoms with Gasteiger partial charge >= 0.3 is 5.97 Å². The number of likely N-dealkylation sites (tertiary alicyclic amines) is 1. The van der Waals surface area contributed by atoms with Crippen molar-refractivity contribution in [1.29, 1.82) is 0 Å². The van der Waals surface area contributed by atoms with Gasteiger partial charge in [0.25, 0.3) is 5.91 Å². The maximum absolute atomic E-state index is 12.4. The van der Waals surface area contributed by atoms with Crippen molar-refractivity contribution >= 4 is 11.9 Å². The lowest BCUT2D eigenvalue weighted by molar-refractivity contribution is -0.148. The molecule has 0 saturated carbocycles. The minimum absolute atomic E-state index is 0.223. The Labute approximate surface area is 105 Å².